The van der Waals surface area contributed by atoms with E-state index < -0.39 is 0 Å². The fourth-order valence-corrected chi connectivity index (χ4v) is 5.31. The molecule has 2 aromatic rings. The van der Waals surface area contributed by atoms with Crippen molar-refractivity contribution in [3.05, 3.63) is 47.3 Å². The first-order valence-electron chi connectivity index (χ1n) is 9.55. The van der Waals surface area contributed by atoms with Gasteiger partial charge in [-0.3, -0.25) is 4.90 Å². The van der Waals surface area contributed by atoms with Gasteiger partial charge in [0.15, 0.2) is 0 Å². The van der Waals surface area contributed by atoms with Gasteiger partial charge in [-0.1, -0.05) is 18.2 Å². The maximum atomic E-state index is 12.3. The minimum atomic E-state index is -0.194. The van der Waals surface area contributed by atoms with Crippen molar-refractivity contribution in [3.8, 4) is 0 Å². The summed E-state index contributed by atoms with van der Waals surface area (Å²) in [5, 5.41) is 4.74. The third kappa shape index (κ3) is 2.23. The van der Waals surface area contributed by atoms with Gasteiger partial charge in [-0.2, -0.15) is 0 Å². The van der Waals surface area contributed by atoms with E-state index in [1.54, 1.807) is 0 Å². The molecule has 0 bridgehead atoms. The number of fused-ring (bicyclic) bond motifs is 6. The molecule has 0 aliphatic carbocycles. The Morgan fingerprint density at radius 1 is 1.31 bits per heavy atom. The Morgan fingerprint density at radius 2 is 2.15 bits per heavy atom. The average molecular weight is 351 g/mol. The zero-order valence-corrected chi connectivity index (χ0v) is 15.3. The Bertz CT molecular complexity index is 900. The molecular weight excluding hydrogens is 326 g/mol. The summed E-state index contributed by atoms with van der Waals surface area (Å²) in [6, 6.07) is 9.32. The minimum absolute atomic E-state index is 0.194. The lowest BCUT2D eigenvalue weighted by atomic mass is 9.71. The number of nitrogens with one attached hydrogen (secondary N) is 2. The number of nitrogens with zero attached hydrogens (tertiary/aromatic N) is 1. The van der Waals surface area contributed by atoms with Crippen molar-refractivity contribution in [3.63, 3.8) is 0 Å². The molecule has 0 saturated carbocycles. The molecule has 26 heavy (non-hydrogen) atoms. The maximum Gasteiger partial charge on any atom is 0.335 e. The Balaban J connectivity index is 1.55. The van der Waals surface area contributed by atoms with Crippen molar-refractivity contribution >= 4 is 16.9 Å². The highest BCUT2D eigenvalue weighted by Gasteiger charge is 2.45. The van der Waals surface area contributed by atoms with Crippen molar-refractivity contribution in [2.75, 3.05) is 20.2 Å². The highest BCUT2D eigenvalue weighted by Crippen LogP contribution is 2.46. The summed E-state index contributed by atoms with van der Waals surface area (Å²) in [5.41, 5.74) is 4.85. The van der Waals surface area contributed by atoms with Crippen LogP contribution >= 0.6 is 0 Å². The molecule has 3 aliphatic rings. The number of hydrogen-bond donors (Lipinski definition) is 2. The maximum absolute atomic E-state index is 12.3. The van der Waals surface area contributed by atoms with E-state index in [1.807, 2.05) is 6.20 Å². The molecule has 1 fully saturated rings. The first kappa shape index (κ1) is 15.9. The van der Waals surface area contributed by atoms with Crippen molar-refractivity contribution in [2.24, 2.45) is 11.8 Å². The molecule has 1 aromatic heterocycles. The SMILES string of the molecule is COC(=O)C1=CN[C@H](C)[C@@H]2CN3CCc4c([nH]c5ccccc45)[C@@H]3C[C@H]12. The van der Waals surface area contributed by atoms with E-state index in [0.717, 1.165) is 31.5 Å². The van der Waals surface area contributed by atoms with Crippen LogP contribution in [0.4, 0.5) is 0 Å². The van der Waals surface area contributed by atoms with Gasteiger partial charge in [0.25, 0.3) is 0 Å². The second kappa shape index (κ2) is 5.88. The molecule has 0 spiro atoms. The fourth-order valence-electron chi connectivity index (χ4n) is 5.31. The summed E-state index contributed by atoms with van der Waals surface area (Å²) in [5.74, 6) is 0.495. The predicted molar refractivity (Wildman–Crippen MR) is 101 cm³/mol. The molecule has 4 atom stereocenters. The Kier molecular flexibility index (Phi) is 3.60. The first-order chi connectivity index (χ1) is 12.7. The highest BCUT2D eigenvalue weighted by molar-refractivity contribution is 5.89. The Labute approximate surface area is 153 Å². The van der Waals surface area contributed by atoms with E-state index in [4.69, 9.17) is 4.74 Å². The number of piperidine rings is 1. The van der Waals surface area contributed by atoms with Crippen LogP contribution < -0.4 is 5.32 Å². The van der Waals surface area contributed by atoms with Crippen LogP contribution in [0.2, 0.25) is 0 Å². The van der Waals surface area contributed by atoms with E-state index >= 15 is 0 Å². The van der Waals surface area contributed by atoms with Crippen LogP contribution in [0, 0.1) is 11.8 Å². The summed E-state index contributed by atoms with van der Waals surface area (Å²) in [6.45, 7) is 4.33. The number of aromatic nitrogens is 1. The van der Waals surface area contributed by atoms with Gasteiger partial charge >= 0.3 is 5.97 Å². The van der Waals surface area contributed by atoms with E-state index in [1.165, 1.54) is 29.3 Å². The summed E-state index contributed by atoms with van der Waals surface area (Å²) in [4.78, 5) is 18.6. The fraction of sp³-hybridized carbons (Fsp3) is 0.476. The van der Waals surface area contributed by atoms with Crippen molar-refractivity contribution in [2.45, 2.75) is 31.8 Å². The number of ether oxygens (including phenoxy) is 1. The molecule has 1 aromatic carbocycles. The number of methoxy groups -OCH3 is 1. The molecule has 0 radical (unpaired) electrons. The Hall–Kier alpha value is -2.27. The van der Waals surface area contributed by atoms with Crippen LogP contribution in [-0.2, 0) is 16.0 Å². The molecule has 3 aliphatic heterocycles. The highest BCUT2D eigenvalue weighted by atomic mass is 16.5. The van der Waals surface area contributed by atoms with E-state index in [0.29, 0.717) is 18.0 Å². The standard InChI is InChI=1S/C21H25N3O2/c1-12-17-11-24-8-7-14-13-5-3-4-6-18(13)23-20(14)19(24)9-15(17)16(10-22-12)21(25)26-2/h3-6,10,12,15,17,19,22-23H,7-9,11H2,1-2H3/t12-,15-,17+,19+/m1/s1. The average Bonchev–Trinajstić information content (AvgIpc) is 3.06. The van der Waals surface area contributed by atoms with Crippen molar-refractivity contribution in [1.82, 2.24) is 15.2 Å². The van der Waals surface area contributed by atoms with Gasteiger partial charge < -0.3 is 15.0 Å². The van der Waals surface area contributed by atoms with Crippen molar-refractivity contribution < 1.29 is 9.53 Å². The molecule has 136 valence electrons. The van der Waals surface area contributed by atoms with Crippen LogP contribution in [0.3, 0.4) is 0 Å². The molecule has 5 heteroatoms. The van der Waals surface area contributed by atoms with Gasteiger partial charge in [0.1, 0.15) is 0 Å². The first-order valence-corrected chi connectivity index (χ1v) is 9.55. The van der Waals surface area contributed by atoms with E-state index in [2.05, 4.69) is 46.4 Å². The lowest BCUT2D eigenvalue weighted by Gasteiger charge is -2.49. The smallest absolute Gasteiger partial charge is 0.335 e. The largest absolute Gasteiger partial charge is 0.466 e. The van der Waals surface area contributed by atoms with E-state index in [9.17, 15) is 4.79 Å². The molecule has 0 amide bonds. The van der Waals surface area contributed by atoms with Gasteiger partial charge in [-0.15, -0.1) is 0 Å². The van der Waals surface area contributed by atoms with Gasteiger partial charge in [0, 0.05) is 47.8 Å². The summed E-state index contributed by atoms with van der Waals surface area (Å²) in [6.07, 6.45) is 3.95. The monoisotopic (exact) mass is 351 g/mol. The number of H-pyrrole nitrogens is 1. The van der Waals surface area contributed by atoms with Crippen LogP contribution in [0.25, 0.3) is 10.9 Å². The van der Waals surface area contributed by atoms with Crippen LogP contribution in [0.5, 0.6) is 0 Å². The van der Waals surface area contributed by atoms with Crippen LogP contribution in [0.15, 0.2) is 36.0 Å². The molecule has 1 saturated heterocycles. The number of carbonyl (C=O) groups excluding carboxylic acids is 1. The van der Waals surface area contributed by atoms with Crippen LogP contribution in [0.1, 0.15) is 30.6 Å². The zero-order chi connectivity index (χ0) is 17.8. The quantitative estimate of drug-likeness (QED) is 0.776. The summed E-state index contributed by atoms with van der Waals surface area (Å²) in [7, 11) is 1.47. The molecule has 5 nitrogen and oxygen atoms in total. The number of aromatic amines is 1. The lowest BCUT2D eigenvalue weighted by Crippen LogP contribution is -2.54. The molecule has 0 unspecified atom stereocenters. The topological polar surface area (TPSA) is 57.4 Å². The normalized spacial score (nSPS) is 30.6. The van der Waals surface area contributed by atoms with Gasteiger partial charge in [-0.25, -0.2) is 4.79 Å². The summed E-state index contributed by atoms with van der Waals surface area (Å²) >= 11 is 0. The second-order valence-corrected chi connectivity index (χ2v) is 7.88. The van der Waals surface area contributed by atoms with Gasteiger partial charge in [-0.05, 0) is 37.3 Å². The summed E-state index contributed by atoms with van der Waals surface area (Å²) < 4.78 is 5.06. The number of hydrogen-bond acceptors (Lipinski definition) is 4. The number of carbonyl (C=O) groups is 1. The number of benzene rings is 1. The van der Waals surface area contributed by atoms with Gasteiger partial charge in [0.05, 0.1) is 18.7 Å². The van der Waals surface area contributed by atoms with Crippen LogP contribution in [-0.4, -0.2) is 42.1 Å². The third-order valence-electron chi connectivity index (χ3n) is 6.67. The lowest BCUT2D eigenvalue weighted by molar-refractivity contribution is -0.137. The minimum Gasteiger partial charge on any atom is -0.466 e. The molecule has 2 N–H and O–H groups in total. The molecule has 5 rings (SSSR count). The second-order valence-electron chi connectivity index (χ2n) is 7.88. The van der Waals surface area contributed by atoms with Crippen molar-refractivity contribution in [1.29, 1.82) is 0 Å². The zero-order valence-electron chi connectivity index (χ0n) is 15.3. The number of rotatable bonds is 1. The third-order valence-corrected chi connectivity index (χ3v) is 6.67. The van der Waals surface area contributed by atoms with Gasteiger partial charge in [0.2, 0.25) is 0 Å². The molecular formula is C21H25N3O2. The van der Waals surface area contributed by atoms with E-state index in [-0.39, 0.29) is 11.9 Å². The predicted octanol–water partition coefficient (Wildman–Crippen LogP) is 2.75. The number of esters is 1. The Morgan fingerprint density at radius 3 is 3.00 bits per heavy atom. The number of para-hydroxylation sites is 1. The molecule has 4 heterocycles.